The molecular formula is C9H8N2OS. The molecule has 66 valence electrons. The number of hydrogen-bond acceptors (Lipinski definition) is 3. The third-order valence-corrected chi connectivity index (χ3v) is 2.58. The minimum atomic E-state index is 0.0445. The van der Waals surface area contributed by atoms with Crippen LogP contribution in [-0.2, 0) is 7.05 Å². The summed E-state index contributed by atoms with van der Waals surface area (Å²) in [5.74, 6) is 0.0445. The summed E-state index contributed by atoms with van der Waals surface area (Å²) in [6.45, 7) is 0. The number of aryl methyl sites for hydroxylation is 1. The second kappa shape index (κ2) is 3.14. The van der Waals surface area contributed by atoms with Crippen molar-refractivity contribution in [2.75, 3.05) is 0 Å². The normalized spacial score (nSPS) is 10.2. The first-order chi connectivity index (χ1) is 6.27. The van der Waals surface area contributed by atoms with E-state index in [1.807, 2.05) is 17.5 Å². The summed E-state index contributed by atoms with van der Waals surface area (Å²) in [6.07, 6.45) is 3.31. The third kappa shape index (κ3) is 1.53. The van der Waals surface area contributed by atoms with E-state index in [9.17, 15) is 4.79 Å². The standard InChI is InChI=1S/C9H8N2OS/c1-11-6-7(5-10-11)9(12)8-3-2-4-13-8/h2-6H,1H3. The van der Waals surface area contributed by atoms with Gasteiger partial charge in [-0.15, -0.1) is 11.3 Å². The van der Waals surface area contributed by atoms with Crippen LogP contribution in [0, 0.1) is 0 Å². The molecule has 4 heteroatoms. The second-order valence-corrected chi connectivity index (χ2v) is 3.66. The summed E-state index contributed by atoms with van der Waals surface area (Å²) >= 11 is 1.45. The fraction of sp³-hybridized carbons (Fsp3) is 0.111. The van der Waals surface area contributed by atoms with Gasteiger partial charge in [-0.05, 0) is 11.4 Å². The molecule has 2 rings (SSSR count). The molecule has 2 aromatic rings. The average molecular weight is 192 g/mol. The van der Waals surface area contributed by atoms with Crippen molar-refractivity contribution in [2.24, 2.45) is 7.05 Å². The lowest BCUT2D eigenvalue weighted by molar-refractivity contribution is 0.104. The molecule has 3 nitrogen and oxygen atoms in total. The highest BCUT2D eigenvalue weighted by Crippen LogP contribution is 2.13. The molecule has 0 saturated heterocycles. The Morgan fingerprint density at radius 2 is 2.46 bits per heavy atom. The summed E-state index contributed by atoms with van der Waals surface area (Å²) in [7, 11) is 1.80. The molecule has 2 aromatic heterocycles. The molecule has 0 N–H and O–H groups in total. The van der Waals surface area contributed by atoms with Crippen LogP contribution >= 0.6 is 11.3 Å². The van der Waals surface area contributed by atoms with Gasteiger partial charge in [0.15, 0.2) is 0 Å². The van der Waals surface area contributed by atoms with Crippen LogP contribution in [0.4, 0.5) is 0 Å². The zero-order chi connectivity index (χ0) is 9.26. The zero-order valence-electron chi connectivity index (χ0n) is 7.10. The Morgan fingerprint density at radius 3 is 3.00 bits per heavy atom. The van der Waals surface area contributed by atoms with Gasteiger partial charge >= 0.3 is 0 Å². The van der Waals surface area contributed by atoms with Crippen LogP contribution in [0.2, 0.25) is 0 Å². The van der Waals surface area contributed by atoms with E-state index in [0.29, 0.717) is 5.56 Å². The SMILES string of the molecule is Cn1cc(C(=O)c2cccs2)cn1. The van der Waals surface area contributed by atoms with Gasteiger partial charge in [0, 0.05) is 13.2 Å². The van der Waals surface area contributed by atoms with Crippen molar-refractivity contribution in [1.82, 2.24) is 9.78 Å². The van der Waals surface area contributed by atoms with E-state index < -0.39 is 0 Å². The first-order valence-corrected chi connectivity index (χ1v) is 4.72. The molecule has 0 aliphatic rings. The lowest BCUT2D eigenvalue weighted by Gasteiger charge is -1.90. The van der Waals surface area contributed by atoms with Gasteiger partial charge in [-0.3, -0.25) is 9.48 Å². The van der Waals surface area contributed by atoms with Gasteiger partial charge in [-0.1, -0.05) is 6.07 Å². The van der Waals surface area contributed by atoms with E-state index in [2.05, 4.69) is 5.10 Å². The summed E-state index contributed by atoms with van der Waals surface area (Å²) in [6, 6.07) is 3.69. The second-order valence-electron chi connectivity index (χ2n) is 2.71. The molecule has 0 bridgehead atoms. The molecular weight excluding hydrogens is 184 g/mol. The smallest absolute Gasteiger partial charge is 0.206 e. The van der Waals surface area contributed by atoms with E-state index >= 15 is 0 Å². The van der Waals surface area contributed by atoms with Gasteiger partial charge in [-0.2, -0.15) is 5.10 Å². The molecule has 0 spiro atoms. The summed E-state index contributed by atoms with van der Waals surface area (Å²) in [5.41, 5.74) is 0.643. The number of hydrogen-bond donors (Lipinski definition) is 0. The Balaban J connectivity index is 2.33. The molecule has 13 heavy (non-hydrogen) atoms. The molecule has 0 fully saturated rings. The van der Waals surface area contributed by atoms with Crippen LogP contribution < -0.4 is 0 Å². The third-order valence-electron chi connectivity index (χ3n) is 1.71. The maximum Gasteiger partial charge on any atom is 0.206 e. The molecule has 0 aromatic carbocycles. The van der Waals surface area contributed by atoms with Crippen molar-refractivity contribution < 1.29 is 4.79 Å². The molecule has 0 aliphatic carbocycles. The van der Waals surface area contributed by atoms with Gasteiger partial charge in [-0.25, -0.2) is 0 Å². The number of thiophene rings is 1. The number of carbonyl (C=O) groups is 1. The predicted molar refractivity (Wildman–Crippen MR) is 51.0 cm³/mol. The van der Waals surface area contributed by atoms with Crippen molar-refractivity contribution in [3.05, 3.63) is 40.3 Å². The molecule has 0 radical (unpaired) electrons. The highest BCUT2D eigenvalue weighted by atomic mass is 32.1. The molecule has 0 amide bonds. The Bertz CT molecular complexity index is 417. The summed E-state index contributed by atoms with van der Waals surface area (Å²) in [5, 5.41) is 5.84. The van der Waals surface area contributed by atoms with E-state index in [1.54, 1.807) is 24.1 Å². The van der Waals surface area contributed by atoms with Crippen molar-refractivity contribution in [3.8, 4) is 0 Å². The van der Waals surface area contributed by atoms with Gasteiger partial charge in [0.1, 0.15) is 0 Å². The maximum absolute atomic E-state index is 11.7. The number of nitrogens with zero attached hydrogens (tertiary/aromatic N) is 2. The molecule has 0 saturated carbocycles. The Hall–Kier alpha value is -1.42. The Kier molecular flexibility index (Phi) is 1.98. The van der Waals surface area contributed by atoms with Gasteiger partial charge in [0.25, 0.3) is 0 Å². The van der Waals surface area contributed by atoms with Crippen molar-refractivity contribution in [1.29, 1.82) is 0 Å². The minimum Gasteiger partial charge on any atom is -0.288 e. The summed E-state index contributed by atoms with van der Waals surface area (Å²) in [4.78, 5) is 12.4. The highest BCUT2D eigenvalue weighted by molar-refractivity contribution is 7.12. The lowest BCUT2D eigenvalue weighted by atomic mass is 10.2. The van der Waals surface area contributed by atoms with Crippen molar-refractivity contribution >= 4 is 17.1 Å². The lowest BCUT2D eigenvalue weighted by Crippen LogP contribution is -1.96. The van der Waals surface area contributed by atoms with Gasteiger partial charge < -0.3 is 0 Å². The fourth-order valence-electron chi connectivity index (χ4n) is 1.09. The monoisotopic (exact) mass is 192 g/mol. The largest absolute Gasteiger partial charge is 0.288 e. The molecule has 2 heterocycles. The fourth-order valence-corrected chi connectivity index (χ4v) is 1.77. The highest BCUT2D eigenvalue weighted by Gasteiger charge is 2.10. The van der Waals surface area contributed by atoms with Crippen molar-refractivity contribution in [2.45, 2.75) is 0 Å². The number of rotatable bonds is 2. The first-order valence-electron chi connectivity index (χ1n) is 3.84. The van der Waals surface area contributed by atoms with E-state index in [0.717, 1.165) is 4.88 Å². The zero-order valence-corrected chi connectivity index (χ0v) is 7.91. The molecule has 0 aliphatic heterocycles. The Morgan fingerprint density at radius 1 is 1.62 bits per heavy atom. The van der Waals surface area contributed by atoms with Crippen LogP contribution in [0.5, 0.6) is 0 Å². The van der Waals surface area contributed by atoms with Gasteiger partial charge in [0.05, 0.1) is 16.6 Å². The first kappa shape index (κ1) is 8.19. The summed E-state index contributed by atoms with van der Waals surface area (Å²) < 4.78 is 1.63. The van der Waals surface area contributed by atoms with Crippen LogP contribution in [0.15, 0.2) is 29.9 Å². The topological polar surface area (TPSA) is 34.9 Å². The molecule has 0 unspecified atom stereocenters. The number of aromatic nitrogens is 2. The molecule has 0 atom stereocenters. The average Bonchev–Trinajstić information content (AvgIpc) is 2.72. The van der Waals surface area contributed by atoms with Gasteiger partial charge in [0.2, 0.25) is 5.78 Å². The van der Waals surface area contributed by atoms with E-state index in [-0.39, 0.29) is 5.78 Å². The van der Waals surface area contributed by atoms with Crippen LogP contribution in [0.3, 0.4) is 0 Å². The van der Waals surface area contributed by atoms with E-state index in [4.69, 9.17) is 0 Å². The van der Waals surface area contributed by atoms with Crippen molar-refractivity contribution in [3.63, 3.8) is 0 Å². The number of carbonyl (C=O) groups excluding carboxylic acids is 1. The maximum atomic E-state index is 11.7. The quantitative estimate of drug-likeness (QED) is 0.679. The van der Waals surface area contributed by atoms with Crippen LogP contribution in [0.1, 0.15) is 15.2 Å². The number of ketones is 1. The van der Waals surface area contributed by atoms with Crippen LogP contribution in [-0.4, -0.2) is 15.6 Å². The predicted octanol–water partition coefficient (Wildman–Crippen LogP) is 1.71. The Labute approximate surface area is 79.6 Å². The van der Waals surface area contributed by atoms with E-state index in [1.165, 1.54) is 11.3 Å². The van der Waals surface area contributed by atoms with Crippen LogP contribution in [0.25, 0.3) is 0 Å². The minimum absolute atomic E-state index is 0.0445.